The van der Waals surface area contributed by atoms with Crippen LogP contribution < -0.4 is 5.73 Å². The maximum atomic E-state index is 12.7. The van der Waals surface area contributed by atoms with Crippen LogP contribution in [0.15, 0.2) is 4.52 Å². The van der Waals surface area contributed by atoms with Crippen LogP contribution in [-0.2, 0) is 11.3 Å². The van der Waals surface area contributed by atoms with Crippen molar-refractivity contribution in [2.24, 2.45) is 5.73 Å². The van der Waals surface area contributed by atoms with Crippen molar-refractivity contribution in [1.82, 2.24) is 24.8 Å². The molecule has 9 nitrogen and oxygen atoms in total. The van der Waals surface area contributed by atoms with Gasteiger partial charge in [0.2, 0.25) is 11.8 Å². The van der Waals surface area contributed by atoms with Gasteiger partial charge in [-0.1, -0.05) is 5.16 Å². The smallest absolute Gasteiger partial charge is 0.290 e. The molecule has 2 aliphatic rings. The average molecular weight is 336 g/mol. The number of rotatable bonds is 4. The lowest BCUT2D eigenvalue weighted by atomic mass is 10.2. The van der Waals surface area contributed by atoms with E-state index in [0.29, 0.717) is 19.0 Å². The fourth-order valence-electron chi connectivity index (χ4n) is 3.39. The number of carbonyl (C=O) groups is 2. The second-order valence-electron chi connectivity index (χ2n) is 6.47. The SMILES string of the molecule is CN1CCC[C@H]1C(=O)N1CCCN(Cc2nc(C(N)=O)no2)CC1. The fraction of sp³-hybridized carbons (Fsp3) is 0.733. The summed E-state index contributed by atoms with van der Waals surface area (Å²) in [7, 11) is 2.02. The van der Waals surface area contributed by atoms with Crippen LogP contribution in [0.5, 0.6) is 0 Å². The Balaban J connectivity index is 1.54. The lowest BCUT2D eigenvalue weighted by molar-refractivity contribution is -0.135. The summed E-state index contributed by atoms with van der Waals surface area (Å²) in [5.74, 6) is -0.177. The standard InChI is InChI=1S/C15H24N6O3/c1-19-5-2-4-11(19)15(23)21-7-3-6-20(8-9-21)10-12-17-14(13(16)22)18-24-12/h11H,2-10H2,1H3,(H2,16,22)/t11-/m0/s1. The third kappa shape index (κ3) is 3.73. The molecule has 1 aromatic heterocycles. The van der Waals surface area contributed by atoms with Gasteiger partial charge in [-0.3, -0.25) is 19.4 Å². The molecule has 1 atom stereocenters. The Morgan fingerprint density at radius 1 is 1.21 bits per heavy atom. The zero-order valence-corrected chi connectivity index (χ0v) is 14.0. The topological polar surface area (TPSA) is 109 Å². The first-order chi connectivity index (χ1) is 11.5. The van der Waals surface area contributed by atoms with Gasteiger partial charge < -0.3 is 15.2 Å². The van der Waals surface area contributed by atoms with E-state index in [1.54, 1.807) is 0 Å². The summed E-state index contributed by atoms with van der Waals surface area (Å²) in [4.78, 5) is 33.9. The summed E-state index contributed by atoms with van der Waals surface area (Å²) in [5, 5.41) is 3.55. The van der Waals surface area contributed by atoms with Crippen molar-refractivity contribution in [1.29, 1.82) is 0 Å². The van der Waals surface area contributed by atoms with E-state index in [0.717, 1.165) is 45.4 Å². The molecule has 132 valence electrons. The van der Waals surface area contributed by atoms with E-state index in [1.165, 1.54) is 0 Å². The molecule has 3 rings (SSSR count). The summed E-state index contributed by atoms with van der Waals surface area (Å²) in [6.07, 6.45) is 2.94. The molecule has 24 heavy (non-hydrogen) atoms. The Morgan fingerprint density at radius 2 is 2.04 bits per heavy atom. The molecule has 2 aliphatic heterocycles. The van der Waals surface area contributed by atoms with Gasteiger partial charge in [-0.15, -0.1) is 0 Å². The summed E-state index contributed by atoms with van der Waals surface area (Å²) in [6, 6.07) is 0.0330. The van der Waals surface area contributed by atoms with Crippen LogP contribution >= 0.6 is 0 Å². The van der Waals surface area contributed by atoms with Gasteiger partial charge in [0.15, 0.2) is 0 Å². The number of amides is 2. The molecule has 0 aromatic carbocycles. The van der Waals surface area contributed by atoms with Gasteiger partial charge in [0, 0.05) is 26.2 Å². The first-order valence-electron chi connectivity index (χ1n) is 8.38. The number of nitrogens with zero attached hydrogens (tertiary/aromatic N) is 5. The number of primary amides is 1. The summed E-state index contributed by atoms with van der Waals surface area (Å²) < 4.78 is 5.05. The Bertz CT molecular complexity index is 604. The van der Waals surface area contributed by atoms with Gasteiger partial charge in [0.05, 0.1) is 12.6 Å². The van der Waals surface area contributed by atoms with Crippen LogP contribution in [0.4, 0.5) is 0 Å². The molecule has 0 spiro atoms. The Labute approximate surface area is 140 Å². The predicted molar refractivity (Wildman–Crippen MR) is 84.9 cm³/mol. The third-order valence-electron chi connectivity index (χ3n) is 4.75. The van der Waals surface area contributed by atoms with Crippen LogP contribution in [0.3, 0.4) is 0 Å². The van der Waals surface area contributed by atoms with Gasteiger partial charge in [-0.05, 0) is 32.9 Å². The van der Waals surface area contributed by atoms with Crippen LogP contribution in [0.1, 0.15) is 35.8 Å². The zero-order chi connectivity index (χ0) is 17.1. The molecule has 1 aromatic rings. The van der Waals surface area contributed by atoms with Crippen molar-refractivity contribution in [2.75, 3.05) is 39.8 Å². The average Bonchev–Trinajstić information content (AvgIpc) is 3.12. The number of hydrogen-bond acceptors (Lipinski definition) is 7. The van der Waals surface area contributed by atoms with E-state index in [4.69, 9.17) is 10.3 Å². The van der Waals surface area contributed by atoms with E-state index in [1.807, 2.05) is 11.9 Å². The Morgan fingerprint density at radius 3 is 2.71 bits per heavy atom. The van der Waals surface area contributed by atoms with Gasteiger partial charge in [0.25, 0.3) is 11.7 Å². The van der Waals surface area contributed by atoms with Gasteiger partial charge in [0.1, 0.15) is 0 Å². The monoisotopic (exact) mass is 336 g/mol. The highest BCUT2D eigenvalue weighted by molar-refractivity contribution is 5.88. The highest BCUT2D eigenvalue weighted by Crippen LogP contribution is 2.18. The predicted octanol–water partition coefficient (Wildman–Crippen LogP) is -0.703. The minimum absolute atomic E-state index is 0.0330. The molecular weight excluding hydrogens is 312 g/mol. The normalized spacial score (nSPS) is 23.4. The first-order valence-corrected chi connectivity index (χ1v) is 8.38. The van der Waals surface area contributed by atoms with E-state index < -0.39 is 5.91 Å². The molecule has 0 saturated carbocycles. The molecule has 0 bridgehead atoms. The summed E-state index contributed by atoms with van der Waals surface area (Å²) >= 11 is 0. The Kier molecular flexibility index (Phi) is 5.10. The lowest BCUT2D eigenvalue weighted by Crippen LogP contribution is -2.45. The molecule has 0 radical (unpaired) electrons. The highest BCUT2D eigenvalue weighted by Gasteiger charge is 2.32. The van der Waals surface area contributed by atoms with Crippen LogP contribution in [0.25, 0.3) is 0 Å². The van der Waals surface area contributed by atoms with E-state index in [-0.39, 0.29) is 17.8 Å². The van der Waals surface area contributed by atoms with Crippen molar-refractivity contribution in [2.45, 2.75) is 31.8 Å². The number of nitrogens with two attached hydrogens (primary N) is 1. The van der Waals surface area contributed by atoms with Crippen molar-refractivity contribution < 1.29 is 14.1 Å². The molecular formula is C15H24N6O3. The number of hydrogen-bond donors (Lipinski definition) is 1. The zero-order valence-electron chi connectivity index (χ0n) is 14.0. The quantitative estimate of drug-likeness (QED) is 0.774. The minimum atomic E-state index is -0.696. The van der Waals surface area contributed by atoms with Crippen LogP contribution in [0.2, 0.25) is 0 Å². The molecule has 2 amide bonds. The summed E-state index contributed by atoms with van der Waals surface area (Å²) in [5.41, 5.74) is 5.12. The molecule has 0 unspecified atom stereocenters. The maximum Gasteiger partial charge on any atom is 0.290 e. The number of aromatic nitrogens is 2. The summed E-state index contributed by atoms with van der Waals surface area (Å²) in [6.45, 7) is 4.52. The van der Waals surface area contributed by atoms with E-state index in [2.05, 4.69) is 19.9 Å². The fourth-order valence-corrected chi connectivity index (χ4v) is 3.39. The van der Waals surface area contributed by atoms with Crippen molar-refractivity contribution in [3.8, 4) is 0 Å². The molecule has 2 fully saturated rings. The lowest BCUT2D eigenvalue weighted by Gasteiger charge is -2.27. The van der Waals surface area contributed by atoms with Crippen LogP contribution in [-0.4, -0.2) is 82.5 Å². The molecule has 2 saturated heterocycles. The number of likely N-dealkylation sites (tertiary alicyclic amines) is 1. The third-order valence-corrected chi connectivity index (χ3v) is 4.75. The molecule has 3 heterocycles. The van der Waals surface area contributed by atoms with Gasteiger partial charge in [-0.2, -0.15) is 4.98 Å². The molecule has 2 N–H and O–H groups in total. The number of likely N-dealkylation sites (N-methyl/N-ethyl adjacent to an activating group) is 1. The van der Waals surface area contributed by atoms with E-state index in [9.17, 15) is 9.59 Å². The molecule has 9 heteroatoms. The van der Waals surface area contributed by atoms with Crippen molar-refractivity contribution >= 4 is 11.8 Å². The van der Waals surface area contributed by atoms with Crippen molar-refractivity contribution in [3.05, 3.63) is 11.7 Å². The van der Waals surface area contributed by atoms with Gasteiger partial charge >= 0.3 is 0 Å². The largest absolute Gasteiger partial charge is 0.363 e. The first kappa shape index (κ1) is 16.8. The molecule has 0 aliphatic carbocycles. The second-order valence-corrected chi connectivity index (χ2v) is 6.47. The van der Waals surface area contributed by atoms with E-state index >= 15 is 0 Å². The minimum Gasteiger partial charge on any atom is -0.363 e. The second kappa shape index (κ2) is 7.27. The van der Waals surface area contributed by atoms with Gasteiger partial charge in [-0.25, -0.2) is 0 Å². The highest BCUT2D eigenvalue weighted by atomic mass is 16.5. The van der Waals surface area contributed by atoms with Crippen molar-refractivity contribution in [3.63, 3.8) is 0 Å². The Hall–Kier alpha value is -2.00. The maximum absolute atomic E-state index is 12.7. The number of carbonyl (C=O) groups excluding carboxylic acids is 2. The van der Waals surface area contributed by atoms with Crippen LogP contribution in [0, 0.1) is 0 Å².